The molecule has 0 aliphatic carbocycles. The molecule has 0 aromatic heterocycles. The molecule has 0 bridgehead atoms. The first-order valence-corrected chi connectivity index (χ1v) is 6.05. The van der Waals surface area contributed by atoms with Crippen LogP contribution in [0.4, 0.5) is 0 Å². The molecule has 17 heavy (non-hydrogen) atoms. The molecule has 0 saturated heterocycles. The van der Waals surface area contributed by atoms with Gasteiger partial charge >= 0.3 is 5.97 Å². The highest BCUT2D eigenvalue weighted by atomic mass is 79.9. The molecule has 0 radical (unpaired) electrons. The number of amides is 1. The second-order valence-corrected chi connectivity index (χ2v) is 4.84. The number of rotatable bonds is 4. The van der Waals surface area contributed by atoms with E-state index in [1.807, 2.05) is 0 Å². The Hall–Kier alpha value is -1.07. The van der Waals surface area contributed by atoms with Gasteiger partial charge in [-0.05, 0) is 34.1 Å². The third-order valence-corrected chi connectivity index (χ3v) is 3.39. The van der Waals surface area contributed by atoms with E-state index >= 15 is 0 Å². The van der Waals surface area contributed by atoms with E-state index in [1.54, 1.807) is 18.2 Å². The third kappa shape index (κ3) is 4.02. The molecule has 2 N–H and O–H groups in total. The second kappa shape index (κ2) is 6.02. The zero-order chi connectivity index (χ0) is 13.0. The molecule has 0 saturated carbocycles. The smallest absolute Gasteiger partial charge is 0.308 e. The lowest BCUT2D eigenvalue weighted by atomic mass is 10.1. The number of carboxylic acids is 1. The Morgan fingerprint density at radius 1 is 1.53 bits per heavy atom. The molecule has 0 heterocycles. The van der Waals surface area contributed by atoms with Gasteiger partial charge in [0.05, 0.1) is 10.9 Å². The molecule has 1 unspecified atom stereocenters. The Morgan fingerprint density at radius 2 is 2.18 bits per heavy atom. The van der Waals surface area contributed by atoms with Crippen molar-refractivity contribution in [1.29, 1.82) is 0 Å². The highest BCUT2D eigenvalue weighted by Crippen LogP contribution is 2.23. The van der Waals surface area contributed by atoms with Gasteiger partial charge in [0.25, 0.3) is 5.91 Å². The number of hydrogen-bond donors (Lipinski definition) is 2. The number of carbonyl (C=O) groups is 2. The fourth-order valence-corrected chi connectivity index (χ4v) is 1.57. The van der Waals surface area contributed by atoms with Gasteiger partial charge in [0.1, 0.15) is 0 Å². The molecule has 1 aromatic carbocycles. The Balaban J connectivity index is 2.64. The molecule has 0 aliphatic heterocycles. The minimum absolute atomic E-state index is 0.0917. The van der Waals surface area contributed by atoms with Crippen molar-refractivity contribution in [3.05, 3.63) is 33.3 Å². The van der Waals surface area contributed by atoms with Gasteiger partial charge in [-0.2, -0.15) is 0 Å². The lowest BCUT2D eigenvalue weighted by Gasteiger charge is -2.08. The number of nitrogens with one attached hydrogen (secondary N) is 1. The molecule has 1 rings (SSSR count). The van der Waals surface area contributed by atoms with E-state index in [-0.39, 0.29) is 12.5 Å². The van der Waals surface area contributed by atoms with Gasteiger partial charge in [-0.25, -0.2) is 0 Å². The molecule has 0 spiro atoms. The summed E-state index contributed by atoms with van der Waals surface area (Å²) in [4.78, 5) is 22.2. The van der Waals surface area contributed by atoms with Crippen molar-refractivity contribution in [2.24, 2.45) is 5.92 Å². The lowest BCUT2D eigenvalue weighted by molar-refractivity contribution is -0.140. The van der Waals surface area contributed by atoms with Gasteiger partial charge in [0.2, 0.25) is 0 Å². The number of halogens is 2. The highest BCUT2D eigenvalue weighted by molar-refractivity contribution is 9.10. The fraction of sp³-hybridized carbons (Fsp3) is 0.273. The molecule has 4 nitrogen and oxygen atoms in total. The van der Waals surface area contributed by atoms with Crippen LogP contribution in [0.5, 0.6) is 0 Å². The average Bonchev–Trinajstić information content (AvgIpc) is 2.28. The minimum Gasteiger partial charge on any atom is -0.481 e. The van der Waals surface area contributed by atoms with Crippen molar-refractivity contribution in [3.8, 4) is 0 Å². The van der Waals surface area contributed by atoms with Crippen molar-refractivity contribution in [1.82, 2.24) is 5.32 Å². The predicted molar refractivity (Wildman–Crippen MR) is 68.3 cm³/mol. The zero-order valence-electron chi connectivity index (χ0n) is 9.04. The maximum atomic E-state index is 11.7. The van der Waals surface area contributed by atoms with Crippen LogP contribution in [0.25, 0.3) is 0 Å². The van der Waals surface area contributed by atoms with E-state index in [9.17, 15) is 9.59 Å². The van der Waals surface area contributed by atoms with Gasteiger partial charge in [-0.15, -0.1) is 0 Å². The molecule has 1 amide bonds. The molecule has 1 aromatic rings. The monoisotopic (exact) mass is 319 g/mol. The fourth-order valence-electron chi connectivity index (χ4n) is 1.07. The van der Waals surface area contributed by atoms with Gasteiger partial charge in [0.15, 0.2) is 0 Å². The predicted octanol–water partition coefficient (Wildman–Crippen LogP) is 2.55. The summed E-state index contributed by atoms with van der Waals surface area (Å²) < 4.78 is 0.623. The second-order valence-electron chi connectivity index (χ2n) is 3.58. The lowest BCUT2D eigenvalue weighted by Crippen LogP contribution is -2.31. The molecule has 0 fully saturated rings. The van der Waals surface area contributed by atoms with E-state index in [1.165, 1.54) is 6.92 Å². The van der Waals surface area contributed by atoms with Crippen LogP contribution in [-0.4, -0.2) is 23.5 Å². The van der Waals surface area contributed by atoms with Crippen LogP contribution >= 0.6 is 27.5 Å². The van der Waals surface area contributed by atoms with E-state index in [2.05, 4.69) is 21.2 Å². The molecule has 92 valence electrons. The van der Waals surface area contributed by atoms with Crippen molar-refractivity contribution in [2.75, 3.05) is 6.54 Å². The van der Waals surface area contributed by atoms with E-state index < -0.39 is 11.9 Å². The van der Waals surface area contributed by atoms with Crippen LogP contribution in [0.15, 0.2) is 22.7 Å². The summed E-state index contributed by atoms with van der Waals surface area (Å²) in [6, 6.07) is 4.76. The Bertz CT molecular complexity index is 450. The first-order chi connectivity index (χ1) is 7.91. The minimum atomic E-state index is -0.942. The summed E-state index contributed by atoms with van der Waals surface area (Å²) in [6.45, 7) is 1.62. The van der Waals surface area contributed by atoms with Crippen molar-refractivity contribution < 1.29 is 14.7 Å². The molecular weight excluding hydrogens is 309 g/mol. The Labute approximate surface area is 112 Å². The Morgan fingerprint density at radius 3 is 2.71 bits per heavy atom. The van der Waals surface area contributed by atoms with E-state index in [4.69, 9.17) is 16.7 Å². The van der Waals surface area contributed by atoms with E-state index in [0.29, 0.717) is 15.1 Å². The first kappa shape index (κ1) is 14.0. The van der Waals surface area contributed by atoms with Crippen LogP contribution in [0, 0.1) is 5.92 Å². The normalized spacial score (nSPS) is 11.9. The van der Waals surface area contributed by atoms with Crippen molar-refractivity contribution >= 4 is 39.4 Å². The van der Waals surface area contributed by atoms with Gasteiger partial charge < -0.3 is 10.4 Å². The van der Waals surface area contributed by atoms with Crippen LogP contribution in [0.3, 0.4) is 0 Å². The molecule has 1 atom stereocenters. The largest absolute Gasteiger partial charge is 0.481 e. The van der Waals surface area contributed by atoms with Crippen LogP contribution in [-0.2, 0) is 4.79 Å². The quantitative estimate of drug-likeness (QED) is 0.896. The maximum absolute atomic E-state index is 11.7. The average molecular weight is 321 g/mol. The summed E-state index contributed by atoms with van der Waals surface area (Å²) in [7, 11) is 0. The van der Waals surface area contributed by atoms with Gasteiger partial charge in [0, 0.05) is 16.6 Å². The first-order valence-electron chi connectivity index (χ1n) is 4.88. The molecule has 0 aliphatic rings. The van der Waals surface area contributed by atoms with Gasteiger partial charge in [-0.3, -0.25) is 9.59 Å². The van der Waals surface area contributed by atoms with Gasteiger partial charge in [-0.1, -0.05) is 18.5 Å². The standard InChI is InChI=1S/C11H11BrClNO3/c1-6(11(16)17)5-14-10(15)7-2-3-9(13)8(12)4-7/h2-4,6H,5H2,1H3,(H,14,15)(H,16,17). The number of aliphatic carboxylic acids is 1. The van der Waals surface area contributed by atoms with Crippen molar-refractivity contribution in [2.45, 2.75) is 6.92 Å². The number of hydrogen-bond acceptors (Lipinski definition) is 2. The summed E-state index contributed by atoms with van der Waals surface area (Å²) in [5.41, 5.74) is 0.430. The molecule has 6 heteroatoms. The summed E-state index contributed by atoms with van der Waals surface area (Å²) in [6.07, 6.45) is 0. The maximum Gasteiger partial charge on any atom is 0.308 e. The Kier molecular flexibility index (Phi) is 4.96. The molecular formula is C11H11BrClNO3. The number of carboxylic acid groups (broad SMARTS) is 1. The van der Waals surface area contributed by atoms with Crippen LogP contribution in [0.1, 0.15) is 17.3 Å². The summed E-state index contributed by atoms with van der Waals surface area (Å²) in [5, 5.41) is 11.7. The zero-order valence-corrected chi connectivity index (χ0v) is 11.4. The number of benzene rings is 1. The van der Waals surface area contributed by atoms with E-state index in [0.717, 1.165) is 0 Å². The van der Waals surface area contributed by atoms with Crippen molar-refractivity contribution in [3.63, 3.8) is 0 Å². The highest BCUT2D eigenvalue weighted by Gasteiger charge is 2.13. The van der Waals surface area contributed by atoms with Crippen LogP contribution in [0.2, 0.25) is 5.02 Å². The number of carbonyl (C=O) groups excluding carboxylic acids is 1. The summed E-state index contributed by atoms with van der Waals surface area (Å²) >= 11 is 9.01. The summed E-state index contributed by atoms with van der Waals surface area (Å²) in [5.74, 6) is -1.88. The third-order valence-electron chi connectivity index (χ3n) is 2.17. The van der Waals surface area contributed by atoms with Crippen LogP contribution < -0.4 is 5.32 Å². The SMILES string of the molecule is CC(CNC(=O)c1ccc(Cl)c(Br)c1)C(=O)O. The topological polar surface area (TPSA) is 66.4 Å².